The molecule has 3 rings (SSSR count). The van der Waals surface area contributed by atoms with E-state index < -0.39 is 17.7 Å². The van der Waals surface area contributed by atoms with Crippen LogP contribution in [0.3, 0.4) is 0 Å². The average molecular weight is 460 g/mol. The molecular weight excluding hydrogens is 433 g/mol. The Bertz CT molecular complexity index is 1080. The summed E-state index contributed by atoms with van der Waals surface area (Å²) in [5.41, 5.74) is 2.64. The maximum Gasteiger partial charge on any atom is 0.416 e. The summed E-state index contributed by atoms with van der Waals surface area (Å²) < 4.78 is 50.5. The van der Waals surface area contributed by atoms with E-state index in [0.717, 1.165) is 47.4 Å². The Hall–Kier alpha value is -3.22. The number of ether oxygens (including phenoxy) is 1. The number of carboxylic acid groups (broad SMARTS) is 1. The van der Waals surface area contributed by atoms with E-state index in [0.29, 0.717) is 29.9 Å². The monoisotopic (exact) mass is 460 g/mol. The SMILES string of the molecule is CCCCc1oc(-c2ccc(C(F)(F)F)cc2)cc1COc1ccc(CCC(=O)O)c(C)c1. The van der Waals surface area contributed by atoms with Gasteiger partial charge in [-0.25, -0.2) is 0 Å². The largest absolute Gasteiger partial charge is 0.489 e. The van der Waals surface area contributed by atoms with Crippen molar-refractivity contribution >= 4 is 5.97 Å². The summed E-state index contributed by atoms with van der Waals surface area (Å²) in [6.07, 6.45) is -1.24. The molecule has 0 aliphatic rings. The number of carbonyl (C=O) groups is 1. The average Bonchev–Trinajstić information content (AvgIpc) is 3.18. The second-order valence-electron chi connectivity index (χ2n) is 8.01. The van der Waals surface area contributed by atoms with Gasteiger partial charge >= 0.3 is 12.1 Å². The number of hydrogen-bond acceptors (Lipinski definition) is 3. The number of rotatable bonds is 10. The van der Waals surface area contributed by atoms with Gasteiger partial charge in [0.25, 0.3) is 0 Å². The molecule has 2 aromatic carbocycles. The zero-order valence-corrected chi connectivity index (χ0v) is 18.7. The highest BCUT2D eigenvalue weighted by Crippen LogP contribution is 2.33. The maximum absolute atomic E-state index is 12.9. The van der Waals surface area contributed by atoms with Crippen LogP contribution in [0.4, 0.5) is 13.2 Å². The first kappa shape index (κ1) is 24.4. The summed E-state index contributed by atoms with van der Waals surface area (Å²) in [5.74, 6) is 1.10. The van der Waals surface area contributed by atoms with Gasteiger partial charge in [0.2, 0.25) is 0 Å². The summed E-state index contributed by atoms with van der Waals surface area (Å²) in [5, 5.41) is 8.87. The molecule has 1 heterocycles. The van der Waals surface area contributed by atoms with Crippen molar-refractivity contribution in [3.63, 3.8) is 0 Å². The fourth-order valence-corrected chi connectivity index (χ4v) is 3.54. The van der Waals surface area contributed by atoms with Crippen molar-refractivity contribution in [3.8, 4) is 17.1 Å². The minimum Gasteiger partial charge on any atom is -0.489 e. The van der Waals surface area contributed by atoms with Gasteiger partial charge in [-0.05, 0) is 61.2 Å². The third kappa shape index (κ3) is 6.63. The highest BCUT2D eigenvalue weighted by Gasteiger charge is 2.30. The van der Waals surface area contributed by atoms with E-state index in [4.69, 9.17) is 14.3 Å². The van der Waals surface area contributed by atoms with Crippen LogP contribution in [0, 0.1) is 6.92 Å². The minimum atomic E-state index is -4.38. The molecular formula is C26H27F3O4. The fourth-order valence-electron chi connectivity index (χ4n) is 3.54. The molecule has 3 aromatic rings. The smallest absolute Gasteiger partial charge is 0.416 e. The maximum atomic E-state index is 12.9. The van der Waals surface area contributed by atoms with Gasteiger partial charge < -0.3 is 14.3 Å². The normalized spacial score (nSPS) is 11.5. The Labute approximate surface area is 191 Å². The molecule has 7 heteroatoms. The van der Waals surface area contributed by atoms with E-state index >= 15 is 0 Å². The van der Waals surface area contributed by atoms with Gasteiger partial charge in [-0.15, -0.1) is 0 Å². The van der Waals surface area contributed by atoms with E-state index in [1.165, 1.54) is 12.1 Å². The van der Waals surface area contributed by atoms with Crippen molar-refractivity contribution in [3.05, 3.63) is 76.5 Å². The standard InChI is InChI=1S/C26H27F3O4/c1-3-4-5-23-20(15-24(33-23)19-6-10-21(11-7-19)26(27,28)29)16-32-22-12-8-18(17(2)14-22)9-13-25(30)31/h6-8,10-12,14-15H,3-5,9,13,16H2,1-2H3,(H,30,31). The molecule has 0 saturated heterocycles. The lowest BCUT2D eigenvalue weighted by atomic mass is 10.0. The second-order valence-corrected chi connectivity index (χ2v) is 8.01. The van der Waals surface area contributed by atoms with Gasteiger partial charge in [-0.1, -0.05) is 31.5 Å². The van der Waals surface area contributed by atoms with Crippen molar-refractivity contribution in [1.82, 2.24) is 0 Å². The number of benzene rings is 2. The summed E-state index contributed by atoms with van der Waals surface area (Å²) in [7, 11) is 0. The van der Waals surface area contributed by atoms with Crippen LogP contribution in [0.25, 0.3) is 11.3 Å². The number of hydrogen-bond donors (Lipinski definition) is 1. The van der Waals surface area contributed by atoms with Crippen molar-refractivity contribution < 1.29 is 32.2 Å². The van der Waals surface area contributed by atoms with E-state index in [9.17, 15) is 18.0 Å². The summed E-state index contributed by atoms with van der Waals surface area (Å²) in [6.45, 7) is 4.25. The summed E-state index contributed by atoms with van der Waals surface area (Å²) >= 11 is 0. The van der Waals surface area contributed by atoms with Crippen LogP contribution in [-0.2, 0) is 30.4 Å². The first-order chi connectivity index (χ1) is 15.7. The molecule has 0 aliphatic heterocycles. The van der Waals surface area contributed by atoms with Crippen LogP contribution < -0.4 is 4.74 Å². The van der Waals surface area contributed by atoms with E-state index in [1.807, 2.05) is 31.2 Å². The lowest BCUT2D eigenvalue weighted by molar-refractivity contribution is -0.138. The molecule has 33 heavy (non-hydrogen) atoms. The molecule has 0 amide bonds. The van der Waals surface area contributed by atoms with E-state index in [2.05, 4.69) is 6.92 Å². The summed E-state index contributed by atoms with van der Waals surface area (Å²) in [6, 6.07) is 12.3. The van der Waals surface area contributed by atoms with Crippen molar-refractivity contribution in [1.29, 1.82) is 0 Å². The fraction of sp³-hybridized carbons (Fsp3) is 0.346. The Kier molecular flexibility index (Phi) is 7.84. The zero-order valence-electron chi connectivity index (χ0n) is 18.7. The van der Waals surface area contributed by atoms with Crippen LogP contribution in [0.2, 0.25) is 0 Å². The number of alkyl halides is 3. The van der Waals surface area contributed by atoms with Crippen LogP contribution >= 0.6 is 0 Å². The molecule has 0 atom stereocenters. The van der Waals surface area contributed by atoms with Crippen LogP contribution in [0.15, 0.2) is 52.9 Å². The molecule has 0 unspecified atom stereocenters. The number of unbranched alkanes of at least 4 members (excludes halogenated alkanes) is 1. The van der Waals surface area contributed by atoms with Crippen molar-refractivity contribution in [2.45, 2.75) is 58.7 Å². The van der Waals surface area contributed by atoms with E-state index in [1.54, 1.807) is 0 Å². The topological polar surface area (TPSA) is 59.7 Å². The Morgan fingerprint density at radius 3 is 2.36 bits per heavy atom. The number of carboxylic acids is 1. The first-order valence-electron chi connectivity index (χ1n) is 10.9. The molecule has 0 fully saturated rings. The number of furan rings is 1. The number of aryl methyl sites for hydroxylation is 3. The molecule has 0 bridgehead atoms. The number of aliphatic carboxylic acids is 1. The molecule has 0 radical (unpaired) electrons. The highest BCUT2D eigenvalue weighted by atomic mass is 19.4. The van der Waals surface area contributed by atoms with Crippen molar-refractivity contribution in [2.24, 2.45) is 0 Å². The Morgan fingerprint density at radius 2 is 1.76 bits per heavy atom. The van der Waals surface area contributed by atoms with Gasteiger partial charge in [0.1, 0.15) is 23.9 Å². The highest BCUT2D eigenvalue weighted by molar-refractivity contribution is 5.67. The molecule has 0 aliphatic carbocycles. The third-order valence-electron chi connectivity index (χ3n) is 5.47. The van der Waals surface area contributed by atoms with Gasteiger partial charge in [0, 0.05) is 24.0 Å². The molecule has 176 valence electrons. The van der Waals surface area contributed by atoms with Gasteiger partial charge in [-0.2, -0.15) is 13.2 Å². The van der Waals surface area contributed by atoms with Crippen LogP contribution in [-0.4, -0.2) is 11.1 Å². The zero-order chi connectivity index (χ0) is 24.0. The summed E-state index contributed by atoms with van der Waals surface area (Å²) in [4.78, 5) is 10.8. The molecule has 0 saturated carbocycles. The number of halogens is 3. The van der Waals surface area contributed by atoms with Crippen LogP contribution in [0.5, 0.6) is 5.75 Å². The Balaban J connectivity index is 1.76. The lowest BCUT2D eigenvalue weighted by Crippen LogP contribution is -2.03. The molecule has 1 aromatic heterocycles. The van der Waals surface area contributed by atoms with Crippen LogP contribution in [0.1, 0.15) is 54.2 Å². The minimum absolute atomic E-state index is 0.0730. The van der Waals surface area contributed by atoms with Gasteiger partial charge in [0.15, 0.2) is 0 Å². The van der Waals surface area contributed by atoms with Gasteiger partial charge in [-0.3, -0.25) is 4.79 Å². The third-order valence-corrected chi connectivity index (χ3v) is 5.47. The van der Waals surface area contributed by atoms with Crippen molar-refractivity contribution in [2.75, 3.05) is 0 Å². The Morgan fingerprint density at radius 1 is 1.03 bits per heavy atom. The molecule has 4 nitrogen and oxygen atoms in total. The first-order valence-corrected chi connectivity index (χ1v) is 10.9. The second kappa shape index (κ2) is 10.6. The quantitative estimate of drug-likeness (QED) is 0.347. The molecule has 1 N–H and O–H groups in total. The predicted octanol–water partition coefficient (Wildman–Crippen LogP) is 7.21. The molecule has 0 spiro atoms. The van der Waals surface area contributed by atoms with E-state index in [-0.39, 0.29) is 13.0 Å². The van der Waals surface area contributed by atoms with Gasteiger partial charge in [0.05, 0.1) is 5.56 Å². The predicted molar refractivity (Wildman–Crippen MR) is 119 cm³/mol. The lowest BCUT2D eigenvalue weighted by Gasteiger charge is -2.10.